The Balaban J connectivity index is 2.11. The molecule has 0 saturated heterocycles. The summed E-state index contributed by atoms with van der Waals surface area (Å²) in [4.78, 5) is 16.6. The molecule has 0 fully saturated rings. The van der Waals surface area contributed by atoms with Gasteiger partial charge in [0.05, 0.1) is 8.66 Å². The quantitative estimate of drug-likeness (QED) is 0.808. The summed E-state index contributed by atoms with van der Waals surface area (Å²) < 4.78 is 0.983. The molecule has 0 aromatic carbocycles. The van der Waals surface area contributed by atoms with Gasteiger partial charge in [-0.2, -0.15) is 0 Å². The first-order valence-electron chi connectivity index (χ1n) is 4.43. The summed E-state index contributed by atoms with van der Waals surface area (Å²) in [6, 6.07) is 7.48. The Morgan fingerprint density at radius 2 is 2.27 bits per heavy atom. The van der Waals surface area contributed by atoms with Crippen LogP contribution < -0.4 is 0 Å². The van der Waals surface area contributed by atoms with Crippen molar-refractivity contribution in [2.75, 3.05) is 0 Å². The van der Waals surface area contributed by atoms with Crippen LogP contribution in [0.15, 0.2) is 40.4 Å². The van der Waals surface area contributed by atoms with Crippen molar-refractivity contribution < 1.29 is 4.79 Å². The predicted molar refractivity (Wildman–Crippen MR) is 64.3 cm³/mol. The summed E-state index contributed by atoms with van der Waals surface area (Å²) in [7, 11) is 0. The number of aromatic nitrogens is 1. The smallest absolute Gasteiger partial charge is 0.177 e. The van der Waals surface area contributed by atoms with Crippen molar-refractivity contribution in [3.63, 3.8) is 0 Å². The van der Waals surface area contributed by atoms with Crippen LogP contribution in [-0.2, 0) is 6.42 Å². The molecule has 2 rings (SSSR count). The zero-order valence-corrected chi connectivity index (χ0v) is 10.2. The van der Waals surface area contributed by atoms with Crippen LogP contribution in [0.5, 0.6) is 0 Å². The van der Waals surface area contributed by atoms with Crippen LogP contribution in [0, 0.1) is 0 Å². The van der Waals surface area contributed by atoms with Crippen LogP contribution in [0.25, 0.3) is 0 Å². The number of hydrogen-bond donors (Lipinski definition) is 0. The maximum Gasteiger partial charge on any atom is 0.177 e. The minimum atomic E-state index is 0.138. The zero-order chi connectivity index (χ0) is 10.7. The fraction of sp³-hybridized carbons (Fsp3) is 0.0909. The topological polar surface area (TPSA) is 30.0 Å². The number of Topliss-reactive ketones (excluding diaryl/α,β-unsaturated/α-hetero) is 1. The molecule has 4 heteroatoms. The number of hydrogen-bond acceptors (Lipinski definition) is 3. The third-order valence-corrected chi connectivity index (χ3v) is 3.60. The summed E-state index contributed by atoms with van der Waals surface area (Å²) in [5, 5.41) is 0. The van der Waals surface area contributed by atoms with E-state index in [1.165, 1.54) is 11.3 Å². The van der Waals surface area contributed by atoms with Gasteiger partial charge in [-0.05, 0) is 39.7 Å². The Kier molecular flexibility index (Phi) is 3.28. The van der Waals surface area contributed by atoms with Crippen LogP contribution in [0.3, 0.4) is 0 Å². The van der Waals surface area contributed by atoms with Crippen molar-refractivity contribution in [3.8, 4) is 0 Å². The van der Waals surface area contributed by atoms with Gasteiger partial charge in [-0.3, -0.25) is 9.78 Å². The van der Waals surface area contributed by atoms with E-state index in [0.29, 0.717) is 6.42 Å². The average molecular weight is 282 g/mol. The molecular formula is C11H8BrNOS. The van der Waals surface area contributed by atoms with Crippen LogP contribution in [0.1, 0.15) is 15.2 Å². The number of thiophene rings is 1. The Morgan fingerprint density at radius 1 is 1.40 bits per heavy atom. The largest absolute Gasteiger partial charge is 0.293 e. The molecule has 0 N–H and O–H groups in total. The normalized spacial score (nSPS) is 10.2. The second-order valence-electron chi connectivity index (χ2n) is 3.06. The SMILES string of the molecule is O=C(Cc1cccnc1)c1ccc(Br)s1. The summed E-state index contributed by atoms with van der Waals surface area (Å²) in [6.07, 6.45) is 3.84. The third kappa shape index (κ3) is 2.73. The minimum Gasteiger partial charge on any atom is -0.293 e. The Labute approximate surface area is 100 Å². The first kappa shape index (κ1) is 10.5. The van der Waals surface area contributed by atoms with E-state index in [4.69, 9.17) is 0 Å². The van der Waals surface area contributed by atoms with Crippen molar-refractivity contribution in [3.05, 3.63) is 50.9 Å². The zero-order valence-electron chi connectivity index (χ0n) is 7.81. The van der Waals surface area contributed by atoms with Gasteiger partial charge in [0, 0.05) is 18.8 Å². The lowest BCUT2D eigenvalue weighted by atomic mass is 10.1. The molecule has 0 unspecified atom stereocenters. The van der Waals surface area contributed by atoms with Crippen molar-refractivity contribution >= 4 is 33.0 Å². The van der Waals surface area contributed by atoms with Crippen molar-refractivity contribution in [1.82, 2.24) is 4.98 Å². The van der Waals surface area contributed by atoms with E-state index in [1.54, 1.807) is 12.4 Å². The van der Waals surface area contributed by atoms with Gasteiger partial charge in [0.2, 0.25) is 0 Å². The summed E-state index contributed by atoms with van der Waals surface area (Å²) in [6.45, 7) is 0. The van der Waals surface area contributed by atoms with Gasteiger partial charge in [0.1, 0.15) is 0 Å². The molecule has 15 heavy (non-hydrogen) atoms. The fourth-order valence-corrected chi connectivity index (χ4v) is 2.56. The molecule has 0 radical (unpaired) electrons. The Morgan fingerprint density at radius 3 is 2.87 bits per heavy atom. The monoisotopic (exact) mass is 281 g/mol. The lowest BCUT2D eigenvalue weighted by Crippen LogP contribution is -2.00. The van der Waals surface area contributed by atoms with E-state index >= 15 is 0 Å². The first-order valence-corrected chi connectivity index (χ1v) is 6.04. The van der Waals surface area contributed by atoms with Crippen molar-refractivity contribution in [2.24, 2.45) is 0 Å². The van der Waals surface area contributed by atoms with Gasteiger partial charge in [0.25, 0.3) is 0 Å². The van der Waals surface area contributed by atoms with E-state index in [-0.39, 0.29) is 5.78 Å². The highest BCUT2D eigenvalue weighted by Gasteiger charge is 2.09. The van der Waals surface area contributed by atoms with E-state index in [9.17, 15) is 4.79 Å². The molecule has 0 aliphatic rings. The van der Waals surface area contributed by atoms with Gasteiger partial charge < -0.3 is 0 Å². The lowest BCUT2D eigenvalue weighted by molar-refractivity contribution is 0.0997. The van der Waals surface area contributed by atoms with Crippen molar-refractivity contribution in [1.29, 1.82) is 0 Å². The molecule has 2 aromatic rings. The molecule has 0 bridgehead atoms. The highest BCUT2D eigenvalue weighted by Crippen LogP contribution is 2.23. The van der Waals surface area contributed by atoms with Gasteiger partial charge in [-0.25, -0.2) is 0 Å². The Bertz CT molecular complexity index is 466. The second kappa shape index (κ2) is 4.68. The Hall–Kier alpha value is -1.000. The molecule has 0 amide bonds. The fourth-order valence-electron chi connectivity index (χ4n) is 1.24. The number of rotatable bonds is 3. The maximum absolute atomic E-state index is 11.8. The molecule has 0 aliphatic carbocycles. The molecule has 0 aliphatic heterocycles. The summed E-state index contributed by atoms with van der Waals surface area (Å²) in [5.74, 6) is 0.138. The van der Waals surface area contributed by atoms with Crippen LogP contribution in [0.4, 0.5) is 0 Å². The van der Waals surface area contributed by atoms with Crippen molar-refractivity contribution in [2.45, 2.75) is 6.42 Å². The highest BCUT2D eigenvalue weighted by atomic mass is 79.9. The number of nitrogens with zero attached hydrogens (tertiary/aromatic N) is 1. The standard InChI is InChI=1S/C11H8BrNOS/c12-11-4-3-10(15-11)9(14)6-8-2-1-5-13-7-8/h1-5,7H,6H2. The van der Waals surface area contributed by atoms with E-state index < -0.39 is 0 Å². The van der Waals surface area contributed by atoms with Crippen LogP contribution >= 0.6 is 27.3 Å². The minimum absolute atomic E-state index is 0.138. The average Bonchev–Trinajstić information content (AvgIpc) is 2.66. The molecule has 2 aromatic heterocycles. The molecule has 0 atom stereocenters. The van der Waals surface area contributed by atoms with E-state index in [0.717, 1.165) is 14.2 Å². The number of ketones is 1. The number of halogens is 1. The second-order valence-corrected chi connectivity index (χ2v) is 5.53. The van der Waals surface area contributed by atoms with Crippen LogP contribution in [0.2, 0.25) is 0 Å². The molecule has 2 nitrogen and oxygen atoms in total. The van der Waals surface area contributed by atoms with Gasteiger partial charge in [-0.15, -0.1) is 11.3 Å². The highest BCUT2D eigenvalue weighted by molar-refractivity contribution is 9.11. The third-order valence-electron chi connectivity index (χ3n) is 1.94. The summed E-state index contributed by atoms with van der Waals surface area (Å²) in [5.41, 5.74) is 0.951. The lowest BCUT2D eigenvalue weighted by Gasteiger charge is -1.97. The van der Waals surface area contributed by atoms with E-state index in [2.05, 4.69) is 20.9 Å². The number of carbonyl (C=O) groups is 1. The number of pyridine rings is 1. The first-order chi connectivity index (χ1) is 7.25. The number of carbonyl (C=O) groups excluding carboxylic acids is 1. The maximum atomic E-state index is 11.8. The summed E-state index contributed by atoms with van der Waals surface area (Å²) >= 11 is 4.80. The molecule has 2 heterocycles. The van der Waals surface area contributed by atoms with Gasteiger partial charge >= 0.3 is 0 Å². The molecule has 76 valence electrons. The molecule has 0 spiro atoms. The molecular weight excluding hydrogens is 274 g/mol. The van der Waals surface area contributed by atoms with Crippen LogP contribution in [-0.4, -0.2) is 10.8 Å². The predicted octanol–water partition coefficient (Wildman–Crippen LogP) is 3.33. The van der Waals surface area contributed by atoms with Gasteiger partial charge in [0.15, 0.2) is 5.78 Å². The van der Waals surface area contributed by atoms with E-state index in [1.807, 2.05) is 24.3 Å². The van der Waals surface area contributed by atoms with Gasteiger partial charge in [-0.1, -0.05) is 6.07 Å². The molecule has 0 saturated carbocycles.